The molecule has 4 heteroatoms. The van der Waals surface area contributed by atoms with E-state index < -0.39 is 12.0 Å². The first-order valence-electron chi connectivity index (χ1n) is 6.34. The molecule has 2 rings (SSSR count). The molecule has 0 heterocycles. The van der Waals surface area contributed by atoms with Crippen molar-refractivity contribution >= 4 is 5.97 Å². The van der Waals surface area contributed by atoms with E-state index in [0.717, 1.165) is 17.5 Å². The molecule has 0 amide bonds. The molecule has 1 aromatic carbocycles. The average molecular weight is 248 g/mol. The average Bonchev–Trinajstić information content (AvgIpc) is 2.63. The number of benzene rings is 1. The molecule has 98 valence electrons. The van der Waals surface area contributed by atoms with Crippen molar-refractivity contribution in [1.82, 2.24) is 5.32 Å². The maximum atomic E-state index is 11.2. The molecule has 3 unspecified atom stereocenters. The van der Waals surface area contributed by atoms with Crippen molar-refractivity contribution in [3.8, 4) is 0 Å². The number of nitrogens with one attached hydrogen (secondary N) is 1. The van der Waals surface area contributed by atoms with E-state index in [4.69, 9.17) is 5.73 Å². The third-order valence-corrected chi connectivity index (χ3v) is 3.57. The summed E-state index contributed by atoms with van der Waals surface area (Å²) in [6, 6.07) is 7.49. The van der Waals surface area contributed by atoms with Crippen molar-refractivity contribution in [1.29, 1.82) is 0 Å². The predicted octanol–water partition coefficient (Wildman–Crippen LogP) is 1.83. The Hall–Kier alpha value is -1.39. The number of hydrogen-bond donors (Lipinski definition) is 3. The van der Waals surface area contributed by atoms with Crippen LogP contribution in [-0.2, 0) is 4.79 Å². The first kappa shape index (κ1) is 13.1. The fourth-order valence-corrected chi connectivity index (χ4v) is 2.60. The van der Waals surface area contributed by atoms with Crippen LogP contribution in [0.5, 0.6) is 0 Å². The van der Waals surface area contributed by atoms with Gasteiger partial charge in [-0.15, -0.1) is 0 Å². The highest BCUT2D eigenvalue weighted by Gasteiger charge is 2.32. The van der Waals surface area contributed by atoms with Crippen LogP contribution in [-0.4, -0.2) is 17.1 Å². The van der Waals surface area contributed by atoms with Gasteiger partial charge in [-0.05, 0) is 23.5 Å². The summed E-state index contributed by atoms with van der Waals surface area (Å²) in [5.41, 5.74) is 8.34. The molecule has 1 aliphatic rings. The third kappa shape index (κ3) is 2.40. The van der Waals surface area contributed by atoms with Crippen LogP contribution in [0.1, 0.15) is 43.5 Å². The summed E-state index contributed by atoms with van der Waals surface area (Å²) in [6.07, 6.45) is 0.760. The lowest BCUT2D eigenvalue weighted by Gasteiger charge is -2.23. The van der Waals surface area contributed by atoms with Gasteiger partial charge in [-0.25, -0.2) is 0 Å². The van der Waals surface area contributed by atoms with E-state index in [-0.39, 0.29) is 18.0 Å². The van der Waals surface area contributed by atoms with Crippen molar-refractivity contribution in [3.63, 3.8) is 0 Å². The number of nitrogens with two attached hydrogens (primary N) is 1. The van der Waals surface area contributed by atoms with Gasteiger partial charge in [-0.1, -0.05) is 38.1 Å². The van der Waals surface area contributed by atoms with Gasteiger partial charge in [-0.3, -0.25) is 10.1 Å². The normalized spacial score (nSPS) is 24.0. The summed E-state index contributed by atoms with van der Waals surface area (Å²) in [4.78, 5) is 11.2. The Morgan fingerprint density at radius 3 is 2.56 bits per heavy atom. The number of rotatable bonds is 4. The molecule has 4 nitrogen and oxygen atoms in total. The fraction of sp³-hybridized carbons (Fsp3) is 0.500. The fourth-order valence-electron chi connectivity index (χ4n) is 2.60. The van der Waals surface area contributed by atoms with Crippen LogP contribution < -0.4 is 11.1 Å². The maximum Gasteiger partial charge on any atom is 0.320 e. The smallest absolute Gasteiger partial charge is 0.320 e. The molecular formula is C14H20N2O2. The van der Waals surface area contributed by atoms with Crippen molar-refractivity contribution < 1.29 is 9.90 Å². The molecule has 3 atom stereocenters. The van der Waals surface area contributed by atoms with Crippen molar-refractivity contribution in [2.24, 2.45) is 11.7 Å². The van der Waals surface area contributed by atoms with Gasteiger partial charge in [0.05, 0.1) is 0 Å². The topological polar surface area (TPSA) is 75.3 Å². The molecule has 0 spiro atoms. The van der Waals surface area contributed by atoms with E-state index in [9.17, 15) is 9.90 Å². The van der Waals surface area contributed by atoms with Crippen LogP contribution in [0.25, 0.3) is 0 Å². The number of carboxylic acid groups (broad SMARTS) is 1. The van der Waals surface area contributed by atoms with E-state index in [0.29, 0.717) is 0 Å². The summed E-state index contributed by atoms with van der Waals surface area (Å²) < 4.78 is 0. The molecule has 0 fully saturated rings. The molecule has 0 aliphatic heterocycles. The minimum absolute atomic E-state index is 0.000284. The second kappa shape index (κ2) is 5.08. The maximum absolute atomic E-state index is 11.2. The third-order valence-electron chi connectivity index (χ3n) is 3.57. The molecule has 0 bridgehead atoms. The molecular weight excluding hydrogens is 228 g/mol. The van der Waals surface area contributed by atoms with Crippen LogP contribution in [0.15, 0.2) is 24.3 Å². The SMILES string of the molecule is CC(C)C(NC1CC(N)c2ccccc21)C(=O)O. The van der Waals surface area contributed by atoms with Crippen molar-refractivity contribution in [2.45, 2.75) is 38.4 Å². The highest BCUT2D eigenvalue weighted by atomic mass is 16.4. The Labute approximate surface area is 107 Å². The van der Waals surface area contributed by atoms with Crippen LogP contribution in [0, 0.1) is 5.92 Å². The lowest BCUT2D eigenvalue weighted by atomic mass is 10.0. The van der Waals surface area contributed by atoms with Gasteiger partial charge in [0.2, 0.25) is 0 Å². The molecule has 0 saturated heterocycles. The second-order valence-corrected chi connectivity index (χ2v) is 5.25. The Morgan fingerprint density at radius 1 is 1.39 bits per heavy atom. The number of carboxylic acids is 1. The van der Waals surface area contributed by atoms with Gasteiger partial charge in [0.1, 0.15) is 6.04 Å². The van der Waals surface area contributed by atoms with Crippen LogP contribution >= 0.6 is 0 Å². The lowest BCUT2D eigenvalue weighted by molar-refractivity contribution is -0.140. The van der Waals surface area contributed by atoms with Gasteiger partial charge >= 0.3 is 5.97 Å². The largest absolute Gasteiger partial charge is 0.480 e. The number of aliphatic carboxylic acids is 1. The molecule has 4 N–H and O–H groups in total. The van der Waals surface area contributed by atoms with Crippen LogP contribution in [0.2, 0.25) is 0 Å². The Bertz CT molecular complexity index is 445. The predicted molar refractivity (Wildman–Crippen MR) is 70.1 cm³/mol. The van der Waals surface area contributed by atoms with E-state index in [1.165, 1.54) is 0 Å². The van der Waals surface area contributed by atoms with Gasteiger partial charge in [0.25, 0.3) is 0 Å². The molecule has 0 aromatic heterocycles. The zero-order chi connectivity index (χ0) is 13.3. The number of hydrogen-bond acceptors (Lipinski definition) is 3. The zero-order valence-corrected chi connectivity index (χ0v) is 10.8. The van der Waals surface area contributed by atoms with E-state index in [1.807, 2.05) is 38.1 Å². The van der Waals surface area contributed by atoms with Crippen molar-refractivity contribution in [3.05, 3.63) is 35.4 Å². The lowest BCUT2D eigenvalue weighted by Crippen LogP contribution is -2.42. The Morgan fingerprint density at radius 2 is 2.00 bits per heavy atom. The first-order chi connectivity index (χ1) is 8.50. The minimum Gasteiger partial charge on any atom is -0.480 e. The van der Waals surface area contributed by atoms with Gasteiger partial charge in [0.15, 0.2) is 0 Å². The Kier molecular flexibility index (Phi) is 3.68. The second-order valence-electron chi connectivity index (χ2n) is 5.25. The molecule has 0 saturated carbocycles. The highest BCUT2D eigenvalue weighted by Crippen LogP contribution is 2.37. The van der Waals surface area contributed by atoms with E-state index in [1.54, 1.807) is 0 Å². The summed E-state index contributed by atoms with van der Waals surface area (Å²) in [7, 11) is 0. The first-order valence-corrected chi connectivity index (χ1v) is 6.34. The van der Waals surface area contributed by atoms with Gasteiger partial charge < -0.3 is 10.8 Å². The van der Waals surface area contributed by atoms with E-state index >= 15 is 0 Å². The summed E-state index contributed by atoms with van der Waals surface area (Å²) in [6.45, 7) is 3.82. The quantitative estimate of drug-likeness (QED) is 0.760. The van der Waals surface area contributed by atoms with Crippen molar-refractivity contribution in [2.75, 3.05) is 0 Å². The molecule has 1 aromatic rings. The zero-order valence-electron chi connectivity index (χ0n) is 10.8. The Balaban J connectivity index is 2.19. The summed E-state index contributed by atoms with van der Waals surface area (Å²) >= 11 is 0. The highest BCUT2D eigenvalue weighted by molar-refractivity contribution is 5.73. The van der Waals surface area contributed by atoms with Gasteiger partial charge in [-0.2, -0.15) is 0 Å². The number of carbonyl (C=O) groups is 1. The molecule has 1 aliphatic carbocycles. The summed E-state index contributed by atoms with van der Waals surface area (Å²) in [5, 5.41) is 12.4. The minimum atomic E-state index is -0.803. The summed E-state index contributed by atoms with van der Waals surface area (Å²) in [5.74, 6) is -0.755. The monoisotopic (exact) mass is 248 g/mol. The van der Waals surface area contributed by atoms with Crippen LogP contribution in [0.3, 0.4) is 0 Å². The molecule has 18 heavy (non-hydrogen) atoms. The standard InChI is InChI=1S/C14H20N2O2/c1-8(2)13(14(17)18)16-12-7-11(15)9-5-3-4-6-10(9)12/h3-6,8,11-13,16H,7,15H2,1-2H3,(H,17,18). The van der Waals surface area contributed by atoms with Gasteiger partial charge in [0, 0.05) is 12.1 Å². The molecule has 0 radical (unpaired) electrons. The number of fused-ring (bicyclic) bond motifs is 1. The van der Waals surface area contributed by atoms with Crippen LogP contribution in [0.4, 0.5) is 0 Å². The van der Waals surface area contributed by atoms with E-state index in [2.05, 4.69) is 5.32 Å².